The highest BCUT2D eigenvalue weighted by atomic mass is 32.2. The number of hydrogen-bond acceptors (Lipinski definition) is 4. The molecule has 2 amide bonds. The van der Waals surface area contributed by atoms with Crippen LogP contribution in [0.1, 0.15) is 24.4 Å². The predicted octanol–water partition coefficient (Wildman–Crippen LogP) is 3.08. The van der Waals surface area contributed by atoms with E-state index in [1.165, 1.54) is 10.4 Å². The number of morpholine rings is 1. The third kappa shape index (κ3) is 4.29. The Hall–Kier alpha value is -2.42. The van der Waals surface area contributed by atoms with Crippen molar-refractivity contribution >= 4 is 21.7 Å². The number of sulfonamides is 1. The van der Waals surface area contributed by atoms with E-state index in [-0.39, 0.29) is 17.0 Å². The van der Waals surface area contributed by atoms with E-state index in [0.29, 0.717) is 38.5 Å². The quantitative estimate of drug-likeness (QED) is 0.832. The molecule has 2 aromatic carbocycles. The lowest BCUT2D eigenvalue weighted by Crippen LogP contribution is -2.40. The molecule has 0 spiro atoms. The van der Waals surface area contributed by atoms with Gasteiger partial charge in [-0.3, -0.25) is 0 Å². The van der Waals surface area contributed by atoms with Crippen LogP contribution in [-0.4, -0.2) is 56.5 Å². The fraction of sp³-hybridized carbons (Fsp3) is 0.381. The third-order valence-electron chi connectivity index (χ3n) is 5.39. The Morgan fingerprint density at radius 3 is 2.52 bits per heavy atom. The maximum atomic E-state index is 12.9. The van der Waals surface area contributed by atoms with Gasteiger partial charge in [0.1, 0.15) is 0 Å². The van der Waals surface area contributed by atoms with Crippen LogP contribution in [0.15, 0.2) is 59.5 Å². The molecule has 2 aliphatic heterocycles. The van der Waals surface area contributed by atoms with Crippen LogP contribution in [0.4, 0.5) is 10.5 Å². The number of carbonyl (C=O) groups excluding carboxylic acids is 1. The number of rotatable bonds is 4. The Kier molecular flexibility index (Phi) is 5.84. The van der Waals surface area contributed by atoms with Crippen LogP contribution < -0.4 is 5.32 Å². The molecule has 154 valence electrons. The molecule has 2 fully saturated rings. The van der Waals surface area contributed by atoms with Crippen molar-refractivity contribution in [2.75, 3.05) is 38.2 Å². The molecule has 1 unspecified atom stereocenters. The average Bonchev–Trinajstić information content (AvgIpc) is 3.25. The first-order valence-corrected chi connectivity index (χ1v) is 11.3. The normalized spacial score (nSPS) is 20.6. The number of carbonyl (C=O) groups is 1. The second-order valence-electron chi connectivity index (χ2n) is 7.24. The lowest BCUT2D eigenvalue weighted by molar-refractivity contribution is 0.0730. The van der Waals surface area contributed by atoms with E-state index in [4.69, 9.17) is 4.74 Å². The summed E-state index contributed by atoms with van der Waals surface area (Å²) in [4.78, 5) is 14.9. The van der Waals surface area contributed by atoms with Gasteiger partial charge in [-0.25, -0.2) is 13.2 Å². The fourth-order valence-corrected chi connectivity index (χ4v) is 5.35. The number of anilines is 1. The Morgan fingerprint density at radius 1 is 1.00 bits per heavy atom. The Labute approximate surface area is 171 Å². The smallest absolute Gasteiger partial charge is 0.322 e. The molecule has 0 aromatic heterocycles. The van der Waals surface area contributed by atoms with E-state index in [0.717, 1.165) is 18.4 Å². The van der Waals surface area contributed by atoms with Gasteiger partial charge < -0.3 is 15.0 Å². The molecule has 4 rings (SSSR count). The molecule has 1 N–H and O–H groups in total. The molecule has 2 heterocycles. The fourth-order valence-electron chi connectivity index (χ4n) is 3.90. The molecular weight excluding hydrogens is 390 g/mol. The number of likely N-dealkylation sites (tertiary alicyclic amines) is 1. The molecule has 7 nitrogen and oxygen atoms in total. The van der Waals surface area contributed by atoms with Crippen LogP contribution >= 0.6 is 0 Å². The molecular formula is C21H25N3O4S. The summed E-state index contributed by atoms with van der Waals surface area (Å²) in [5, 5.41) is 2.88. The van der Waals surface area contributed by atoms with Crippen LogP contribution in [0.3, 0.4) is 0 Å². The van der Waals surface area contributed by atoms with Gasteiger partial charge in [-0.05, 0) is 36.6 Å². The highest BCUT2D eigenvalue weighted by Crippen LogP contribution is 2.32. The molecule has 2 aromatic rings. The van der Waals surface area contributed by atoms with Crippen LogP contribution in [-0.2, 0) is 14.8 Å². The molecule has 2 aliphatic rings. The lowest BCUT2D eigenvalue weighted by atomic mass is 10.1. The van der Waals surface area contributed by atoms with Crippen LogP contribution in [0, 0.1) is 0 Å². The Balaban J connectivity index is 1.50. The summed E-state index contributed by atoms with van der Waals surface area (Å²) in [5.74, 6) is 0. The van der Waals surface area contributed by atoms with E-state index in [2.05, 4.69) is 5.32 Å². The van der Waals surface area contributed by atoms with Crippen LogP contribution in [0.5, 0.6) is 0 Å². The number of benzene rings is 2. The van der Waals surface area contributed by atoms with Crippen molar-refractivity contribution in [1.29, 1.82) is 0 Å². The zero-order valence-electron chi connectivity index (χ0n) is 16.2. The van der Waals surface area contributed by atoms with Gasteiger partial charge in [-0.2, -0.15) is 4.31 Å². The SMILES string of the molecule is O=C(Nc1cccc(S(=O)(=O)N2CCOCC2)c1)N1CCCC1c1ccccc1. The molecule has 0 saturated carbocycles. The largest absolute Gasteiger partial charge is 0.379 e. The number of urea groups is 1. The van der Waals surface area contributed by atoms with E-state index >= 15 is 0 Å². The van der Waals surface area contributed by atoms with Gasteiger partial charge in [0.05, 0.1) is 24.2 Å². The predicted molar refractivity (Wildman–Crippen MR) is 110 cm³/mol. The first kappa shape index (κ1) is 19.9. The van der Waals surface area contributed by atoms with E-state index in [1.807, 2.05) is 35.2 Å². The van der Waals surface area contributed by atoms with Gasteiger partial charge in [0, 0.05) is 25.3 Å². The van der Waals surface area contributed by atoms with Crippen molar-refractivity contribution < 1.29 is 17.9 Å². The molecule has 0 aliphatic carbocycles. The third-order valence-corrected chi connectivity index (χ3v) is 7.29. The van der Waals surface area contributed by atoms with Gasteiger partial charge in [0.2, 0.25) is 10.0 Å². The highest BCUT2D eigenvalue weighted by Gasteiger charge is 2.30. The minimum atomic E-state index is -3.60. The number of amides is 2. The highest BCUT2D eigenvalue weighted by molar-refractivity contribution is 7.89. The maximum Gasteiger partial charge on any atom is 0.322 e. The molecule has 0 radical (unpaired) electrons. The van der Waals surface area contributed by atoms with Gasteiger partial charge in [-0.15, -0.1) is 0 Å². The first-order chi connectivity index (χ1) is 14.1. The minimum Gasteiger partial charge on any atom is -0.379 e. The summed E-state index contributed by atoms with van der Waals surface area (Å²) in [6, 6.07) is 16.3. The average molecular weight is 416 g/mol. The van der Waals surface area contributed by atoms with Crippen molar-refractivity contribution in [3.63, 3.8) is 0 Å². The zero-order chi connectivity index (χ0) is 20.3. The molecule has 29 heavy (non-hydrogen) atoms. The standard InChI is InChI=1S/C21H25N3O4S/c25-21(24-11-5-10-20(24)17-6-2-1-3-7-17)22-18-8-4-9-19(16-18)29(26,27)23-12-14-28-15-13-23/h1-4,6-9,16,20H,5,10-15H2,(H,22,25). The summed E-state index contributed by atoms with van der Waals surface area (Å²) in [6.45, 7) is 2.14. The summed E-state index contributed by atoms with van der Waals surface area (Å²) >= 11 is 0. The second kappa shape index (κ2) is 8.52. The van der Waals surface area contributed by atoms with Crippen molar-refractivity contribution in [3.05, 3.63) is 60.2 Å². The summed E-state index contributed by atoms with van der Waals surface area (Å²) < 4.78 is 32.4. The Morgan fingerprint density at radius 2 is 1.76 bits per heavy atom. The summed E-state index contributed by atoms with van der Waals surface area (Å²) in [5.41, 5.74) is 1.59. The van der Waals surface area contributed by atoms with Crippen LogP contribution in [0.2, 0.25) is 0 Å². The minimum absolute atomic E-state index is 0.0384. The lowest BCUT2D eigenvalue weighted by Gasteiger charge is -2.27. The number of ether oxygens (including phenoxy) is 1. The van der Waals surface area contributed by atoms with Crippen molar-refractivity contribution in [1.82, 2.24) is 9.21 Å². The topological polar surface area (TPSA) is 79.0 Å². The van der Waals surface area contributed by atoms with Gasteiger partial charge in [0.15, 0.2) is 0 Å². The van der Waals surface area contributed by atoms with E-state index in [1.54, 1.807) is 18.2 Å². The zero-order valence-corrected chi connectivity index (χ0v) is 17.0. The van der Waals surface area contributed by atoms with Crippen molar-refractivity contribution in [2.45, 2.75) is 23.8 Å². The molecule has 8 heteroatoms. The van der Waals surface area contributed by atoms with E-state index in [9.17, 15) is 13.2 Å². The maximum absolute atomic E-state index is 12.9. The van der Waals surface area contributed by atoms with Crippen LogP contribution in [0.25, 0.3) is 0 Å². The second-order valence-corrected chi connectivity index (χ2v) is 9.17. The van der Waals surface area contributed by atoms with Gasteiger partial charge in [-0.1, -0.05) is 36.4 Å². The van der Waals surface area contributed by atoms with Gasteiger partial charge in [0.25, 0.3) is 0 Å². The van der Waals surface area contributed by atoms with E-state index < -0.39 is 10.0 Å². The molecule has 1 atom stereocenters. The number of nitrogens with one attached hydrogen (secondary N) is 1. The number of hydrogen-bond donors (Lipinski definition) is 1. The van der Waals surface area contributed by atoms with Gasteiger partial charge >= 0.3 is 6.03 Å². The Bertz CT molecular complexity index is 959. The molecule has 2 saturated heterocycles. The number of nitrogens with zero attached hydrogens (tertiary/aromatic N) is 2. The summed E-state index contributed by atoms with van der Waals surface area (Å²) in [6.07, 6.45) is 1.86. The first-order valence-electron chi connectivity index (χ1n) is 9.86. The summed E-state index contributed by atoms with van der Waals surface area (Å²) in [7, 11) is -3.60. The monoisotopic (exact) mass is 415 g/mol. The van der Waals surface area contributed by atoms with Crippen molar-refractivity contribution in [3.8, 4) is 0 Å². The molecule has 0 bridgehead atoms. The van der Waals surface area contributed by atoms with Crippen molar-refractivity contribution in [2.24, 2.45) is 0 Å².